The maximum Gasteiger partial charge on any atom is 0.242 e. The van der Waals surface area contributed by atoms with Gasteiger partial charge in [-0.25, -0.2) is 9.97 Å². The van der Waals surface area contributed by atoms with Crippen LogP contribution in [0, 0.1) is 11.8 Å². The number of aromatic nitrogens is 4. The summed E-state index contributed by atoms with van der Waals surface area (Å²) in [5, 5.41) is 0. The van der Waals surface area contributed by atoms with Crippen LogP contribution in [-0.4, -0.2) is 102 Å². The number of fused-ring (bicyclic) bond motifs is 2. The highest BCUT2D eigenvalue weighted by Gasteiger charge is 2.35. The number of carbonyl (C=O) groups excluding carboxylic acids is 4. The topological polar surface area (TPSA) is 139 Å². The minimum Gasteiger partial charge on any atom is -0.340 e. The zero-order valence-corrected chi connectivity index (χ0v) is 29.7. The second kappa shape index (κ2) is 14.8. The molecule has 4 aromatic rings. The van der Waals surface area contributed by atoms with Crippen molar-refractivity contribution in [3.05, 3.63) is 59.2 Å². The minimum atomic E-state index is -0.139. The molecule has 4 fully saturated rings. The number of aromatic amines is 2. The van der Waals surface area contributed by atoms with Crippen LogP contribution in [0.3, 0.4) is 0 Å². The molecular weight excluding hydrogens is 656 g/mol. The molecule has 12 heteroatoms. The van der Waals surface area contributed by atoms with Gasteiger partial charge in [-0.3, -0.25) is 19.2 Å². The van der Waals surface area contributed by atoms with E-state index in [1.54, 1.807) is 9.80 Å². The lowest BCUT2D eigenvalue weighted by atomic mass is 10.1. The second-order valence-electron chi connectivity index (χ2n) is 14.7. The molecule has 0 aliphatic carbocycles. The highest BCUT2D eigenvalue weighted by molar-refractivity contribution is 5.86. The van der Waals surface area contributed by atoms with E-state index in [0.29, 0.717) is 39.0 Å². The summed E-state index contributed by atoms with van der Waals surface area (Å²) < 4.78 is 0. The number of nitrogens with zero attached hydrogens (tertiary/aromatic N) is 6. The van der Waals surface area contributed by atoms with Crippen molar-refractivity contribution in [2.24, 2.45) is 0 Å². The van der Waals surface area contributed by atoms with Gasteiger partial charge in [0, 0.05) is 50.1 Å². The highest BCUT2D eigenvalue weighted by Crippen LogP contribution is 2.33. The van der Waals surface area contributed by atoms with Crippen LogP contribution in [0.4, 0.5) is 0 Å². The largest absolute Gasteiger partial charge is 0.340 e. The first-order valence-corrected chi connectivity index (χ1v) is 19.1. The molecule has 2 aromatic carbocycles. The minimum absolute atomic E-state index is 0.0132. The first-order valence-electron chi connectivity index (χ1n) is 19.1. The van der Waals surface area contributed by atoms with Crippen LogP contribution in [0.2, 0.25) is 0 Å². The Hall–Kier alpha value is -5.18. The van der Waals surface area contributed by atoms with Gasteiger partial charge in [-0.2, -0.15) is 0 Å². The fourth-order valence-corrected chi connectivity index (χ4v) is 8.29. The molecule has 6 heterocycles. The lowest BCUT2D eigenvalue weighted by molar-refractivity contribution is -0.140. The average molecular weight is 703 g/mol. The van der Waals surface area contributed by atoms with E-state index in [4.69, 9.17) is 9.97 Å². The maximum atomic E-state index is 13.4. The summed E-state index contributed by atoms with van der Waals surface area (Å²) in [7, 11) is 0. The summed E-state index contributed by atoms with van der Waals surface area (Å²) in [6, 6.07) is 11.6. The zero-order valence-electron chi connectivity index (χ0n) is 29.7. The third-order valence-electron chi connectivity index (χ3n) is 11.1. The molecule has 0 bridgehead atoms. The molecule has 0 saturated carbocycles. The number of hydrogen-bond acceptors (Lipinski definition) is 6. The third-order valence-corrected chi connectivity index (χ3v) is 11.1. The Morgan fingerprint density at radius 2 is 1.08 bits per heavy atom. The highest BCUT2D eigenvalue weighted by atomic mass is 16.2. The van der Waals surface area contributed by atoms with E-state index in [9.17, 15) is 19.2 Å². The normalized spacial score (nSPS) is 21.5. The molecule has 8 rings (SSSR count). The number of carbonyl (C=O) groups is 4. The van der Waals surface area contributed by atoms with Crippen molar-refractivity contribution in [1.82, 2.24) is 39.5 Å². The van der Waals surface area contributed by atoms with Gasteiger partial charge in [0.25, 0.3) is 0 Å². The Kier molecular flexibility index (Phi) is 9.67. The molecular formula is C40H46N8O4. The Balaban J connectivity index is 0.942. The van der Waals surface area contributed by atoms with Crippen LogP contribution in [0.25, 0.3) is 22.1 Å². The molecule has 4 aliphatic heterocycles. The molecule has 2 atom stereocenters. The fourth-order valence-electron chi connectivity index (χ4n) is 8.29. The smallest absolute Gasteiger partial charge is 0.242 e. The van der Waals surface area contributed by atoms with Gasteiger partial charge in [-0.15, -0.1) is 0 Å². The predicted octanol–water partition coefficient (Wildman–Crippen LogP) is 4.97. The van der Waals surface area contributed by atoms with Crippen molar-refractivity contribution >= 4 is 45.7 Å². The molecule has 0 unspecified atom stereocenters. The lowest BCUT2D eigenvalue weighted by Gasteiger charge is -2.27. The molecule has 12 nitrogen and oxygen atoms in total. The predicted molar refractivity (Wildman–Crippen MR) is 196 cm³/mol. The van der Waals surface area contributed by atoms with Gasteiger partial charge in [0.05, 0.1) is 47.2 Å². The maximum absolute atomic E-state index is 13.4. The molecule has 270 valence electrons. The number of nitrogens with one attached hydrogen (secondary N) is 2. The van der Waals surface area contributed by atoms with Crippen molar-refractivity contribution in [2.45, 2.75) is 89.1 Å². The zero-order chi connectivity index (χ0) is 35.6. The van der Waals surface area contributed by atoms with Crippen LogP contribution in [0.1, 0.15) is 112 Å². The molecule has 4 amide bonds. The summed E-state index contributed by atoms with van der Waals surface area (Å²) in [6.45, 7) is 2.92. The first-order chi connectivity index (χ1) is 25.4. The molecule has 52 heavy (non-hydrogen) atoms. The number of likely N-dealkylation sites (tertiary alicyclic amines) is 4. The van der Waals surface area contributed by atoms with E-state index < -0.39 is 0 Å². The molecule has 4 aliphatic rings. The summed E-state index contributed by atoms with van der Waals surface area (Å²) in [6.07, 6.45) is 10.3. The molecule has 4 saturated heterocycles. The van der Waals surface area contributed by atoms with Crippen LogP contribution < -0.4 is 0 Å². The summed E-state index contributed by atoms with van der Waals surface area (Å²) in [5.74, 6) is 8.23. The van der Waals surface area contributed by atoms with Crippen LogP contribution in [-0.2, 0) is 19.2 Å². The monoisotopic (exact) mass is 702 g/mol. The molecule has 2 N–H and O–H groups in total. The summed E-state index contributed by atoms with van der Waals surface area (Å²) >= 11 is 0. The number of rotatable bonds is 6. The van der Waals surface area contributed by atoms with Gasteiger partial charge in [-0.05, 0) is 87.8 Å². The van der Waals surface area contributed by atoms with Gasteiger partial charge in [0.1, 0.15) is 11.6 Å². The standard InChI is InChI=1S/C40H46N8O4/c49-35-11-3-1-5-19-45(35)25-37(51)47-21-7-9-33(47)39-41-29-17-15-27(23-31(29)43-39)13-14-28-16-18-30-32(24-28)44-40(42-30)34-10-8-22-48(34)38(52)26-46-20-6-2-4-12-36(46)50/h15-18,23-24,33-34H,1-12,19-22,25-26H2,(H,41,43)(H,42,44)/t33-,34-/m0/s1. The number of amides is 4. The van der Waals surface area contributed by atoms with Crippen LogP contribution in [0.5, 0.6) is 0 Å². The number of H-pyrrole nitrogens is 2. The summed E-state index contributed by atoms with van der Waals surface area (Å²) in [5.41, 5.74) is 5.04. The summed E-state index contributed by atoms with van der Waals surface area (Å²) in [4.78, 5) is 75.7. The number of benzene rings is 2. The van der Waals surface area contributed by atoms with Crippen molar-refractivity contribution in [1.29, 1.82) is 0 Å². The Morgan fingerprint density at radius 1 is 0.615 bits per heavy atom. The van der Waals surface area contributed by atoms with Gasteiger partial charge < -0.3 is 29.6 Å². The third kappa shape index (κ3) is 7.14. The quantitative estimate of drug-likeness (QED) is 0.272. The molecule has 2 aromatic heterocycles. The Morgan fingerprint density at radius 3 is 1.54 bits per heavy atom. The number of imidazole rings is 2. The van der Waals surface area contributed by atoms with Gasteiger partial charge in [-0.1, -0.05) is 24.7 Å². The Bertz CT molecular complexity index is 1930. The van der Waals surface area contributed by atoms with E-state index in [0.717, 1.165) is 109 Å². The van der Waals surface area contributed by atoms with Crippen LogP contribution in [0.15, 0.2) is 36.4 Å². The van der Waals surface area contributed by atoms with E-state index in [1.807, 2.05) is 46.2 Å². The van der Waals surface area contributed by atoms with Crippen molar-refractivity contribution in [3.63, 3.8) is 0 Å². The molecule has 0 radical (unpaired) electrons. The lowest BCUT2D eigenvalue weighted by Crippen LogP contribution is -2.42. The van der Waals surface area contributed by atoms with Crippen LogP contribution >= 0.6 is 0 Å². The van der Waals surface area contributed by atoms with Crippen molar-refractivity contribution < 1.29 is 19.2 Å². The van der Waals surface area contributed by atoms with Crippen molar-refractivity contribution in [2.75, 3.05) is 39.3 Å². The number of hydrogen-bond donors (Lipinski definition) is 2. The second-order valence-corrected chi connectivity index (χ2v) is 14.7. The first kappa shape index (κ1) is 33.9. The van der Waals surface area contributed by atoms with Gasteiger partial charge in [0.15, 0.2) is 0 Å². The van der Waals surface area contributed by atoms with Gasteiger partial charge >= 0.3 is 0 Å². The van der Waals surface area contributed by atoms with Crippen molar-refractivity contribution in [3.8, 4) is 11.8 Å². The SMILES string of the molecule is O=C1CCCCCN1CC(=O)N1CCC[C@H]1c1nc2cc(C#Cc3ccc4[nH]c([C@@H]5CCCN5C(=O)CN5CCCCCC5=O)nc4c3)ccc2[nH]1. The molecule has 0 spiro atoms. The van der Waals surface area contributed by atoms with E-state index in [-0.39, 0.29) is 48.8 Å². The van der Waals surface area contributed by atoms with E-state index in [2.05, 4.69) is 21.8 Å². The van der Waals surface area contributed by atoms with E-state index >= 15 is 0 Å². The average Bonchev–Trinajstić information content (AvgIpc) is 3.94. The fraction of sp³-hybridized carbons (Fsp3) is 0.500. The van der Waals surface area contributed by atoms with E-state index in [1.165, 1.54) is 0 Å². The van der Waals surface area contributed by atoms with Gasteiger partial charge in [0.2, 0.25) is 23.6 Å². The Labute approximate surface area is 303 Å².